The van der Waals surface area contributed by atoms with E-state index < -0.39 is 5.97 Å². The van der Waals surface area contributed by atoms with Gasteiger partial charge in [0, 0.05) is 23.8 Å². The monoisotopic (exact) mass is 304 g/mol. The van der Waals surface area contributed by atoms with Crippen molar-refractivity contribution in [2.24, 2.45) is 0 Å². The first-order valence-corrected chi connectivity index (χ1v) is 8.13. The third-order valence-electron chi connectivity index (χ3n) is 4.25. The Labute approximate surface area is 128 Å². The van der Waals surface area contributed by atoms with E-state index in [4.69, 9.17) is 0 Å². The topological polar surface area (TPSA) is 52.6 Å². The number of carbonyl (C=O) groups is 1. The first kappa shape index (κ1) is 14.5. The summed E-state index contributed by atoms with van der Waals surface area (Å²) in [5, 5.41) is 13.9. The number of carboxylic acid groups (broad SMARTS) is 1. The number of aromatic carboxylic acids is 1. The van der Waals surface area contributed by atoms with Crippen LogP contribution in [0.25, 0.3) is 10.1 Å². The van der Waals surface area contributed by atoms with Crippen LogP contribution in [0.1, 0.15) is 28.1 Å². The minimum Gasteiger partial charge on any atom is -0.477 e. The van der Waals surface area contributed by atoms with E-state index in [1.54, 1.807) is 0 Å². The lowest BCUT2D eigenvalue weighted by Gasteiger charge is -2.19. The Morgan fingerprint density at radius 3 is 3.00 bits per heavy atom. The Morgan fingerprint density at radius 2 is 2.29 bits per heavy atom. The summed E-state index contributed by atoms with van der Waals surface area (Å²) in [4.78, 5) is 14.3. The van der Waals surface area contributed by atoms with Crippen LogP contribution >= 0.6 is 11.3 Å². The molecule has 1 fully saturated rings. The summed E-state index contributed by atoms with van der Waals surface area (Å²) in [5.74, 6) is -0.828. The number of likely N-dealkylation sites (tertiary alicyclic amines) is 1. The highest BCUT2D eigenvalue weighted by Crippen LogP contribution is 2.31. The number of carboxylic acids is 1. The minimum atomic E-state index is -0.828. The summed E-state index contributed by atoms with van der Waals surface area (Å²) >= 11 is 1.37. The SMILES string of the molecule is CN1CCCC1CNCc1c(C(=O)O)sc2ccccc12. The van der Waals surface area contributed by atoms with E-state index in [1.165, 1.54) is 24.2 Å². The number of benzene rings is 1. The molecule has 1 atom stereocenters. The highest BCUT2D eigenvalue weighted by molar-refractivity contribution is 7.21. The van der Waals surface area contributed by atoms with Crippen LogP contribution in [0.5, 0.6) is 0 Å². The zero-order chi connectivity index (χ0) is 14.8. The number of nitrogens with one attached hydrogen (secondary N) is 1. The predicted molar refractivity (Wildman–Crippen MR) is 86.1 cm³/mol. The van der Waals surface area contributed by atoms with Gasteiger partial charge in [-0.15, -0.1) is 11.3 Å². The molecular formula is C16H20N2O2S. The van der Waals surface area contributed by atoms with E-state index in [2.05, 4.69) is 17.3 Å². The second-order valence-electron chi connectivity index (χ2n) is 5.62. The third kappa shape index (κ3) is 2.95. The van der Waals surface area contributed by atoms with Gasteiger partial charge in [0.05, 0.1) is 0 Å². The summed E-state index contributed by atoms with van der Waals surface area (Å²) in [7, 11) is 2.15. The maximum Gasteiger partial charge on any atom is 0.346 e. The minimum absolute atomic E-state index is 0.462. The van der Waals surface area contributed by atoms with Gasteiger partial charge in [-0.25, -0.2) is 4.79 Å². The molecule has 0 spiro atoms. The number of fused-ring (bicyclic) bond motifs is 1. The van der Waals surface area contributed by atoms with Crippen LogP contribution in [-0.2, 0) is 6.54 Å². The largest absolute Gasteiger partial charge is 0.477 e. The van der Waals surface area contributed by atoms with Gasteiger partial charge < -0.3 is 15.3 Å². The zero-order valence-corrected chi connectivity index (χ0v) is 12.9. The van der Waals surface area contributed by atoms with Gasteiger partial charge in [0.1, 0.15) is 4.88 Å². The van der Waals surface area contributed by atoms with Crippen molar-refractivity contribution in [3.63, 3.8) is 0 Å². The smallest absolute Gasteiger partial charge is 0.346 e. The average Bonchev–Trinajstić information content (AvgIpc) is 3.04. The molecule has 1 aromatic carbocycles. The molecular weight excluding hydrogens is 284 g/mol. The normalized spacial score (nSPS) is 19.4. The summed E-state index contributed by atoms with van der Waals surface area (Å²) in [5.41, 5.74) is 0.920. The molecule has 1 aliphatic heterocycles. The fourth-order valence-corrected chi connectivity index (χ4v) is 4.11. The van der Waals surface area contributed by atoms with Crippen LogP contribution in [0.15, 0.2) is 24.3 Å². The summed E-state index contributed by atoms with van der Waals surface area (Å²) in [6.07, 6.45) is 2.48. The van der Waals surface area contributed by atoms with Crippen molar-refractivity contribution >= 4 is 27.4 Å². The Balaban J connectivity index is 1.76. The van der Waals surface area contributed by atoms with E-state index in [1.807, 2.05) is 24.3 Å². The van der Waals surface area contributed by atoms with Crippen molar-refractivity contribution in [2.75, 3.05) is 20.1 Å². The van der Waals surface area contributed by atoms with Gasteiger partial charge in [-0.1, -0.05) is 18.2 Å². The van der Waals surface area contributed by atoms with Crippen molar-refractivity contribution < 1.29 is 9.90 Å². The van der Waals surface area contributed by atoms with E-state index in [0.29, 0.717) is 17.5 Å². The molecule has 2 heterocycles. The number of rotatable bonds is 5. The standard InChI is InChI=1S/C16H20N2O2S/c1-18-8-4-5-11(18)9-17-10-13-12-6-2-3-7-14(12)21-15(13)16(19)20/h2-3,6-7,11,17H,4-5,8-10H2,1H3,(H,19,20). The average molecular weight is 304 g/mol. The van der Waals surface area contributed by atoms with Gasteiger partial charge in [-0.2, -0.15) is 0 Å². The third-order valence-corrected chi connectivity index (χ3v) is 5.45. The first-order chi connectivity index (χ1) is 10.2. The fraction of sp³-hybridized carbons (Fsp3) is 0.438. The molecule has 4 nitrogen and oxygen atoms in total. The van der Waals surface area contributed by atoms with Gasteiger partial charge in [0.2, 0.25) is 0 Å². The summed E-state index contributed by atoms with van der Waals surface area (Å²) in [6, 6.07) is 8.49. The number of thiophene rings is 1. The first-order valence-electron chi connectivity index (χ1n) is 7.31. The van der Waals surface area contributed by atoms with Crippen LogP contribution in [0.4, 0.5) is 0 Å². The molecule has 5 heteroatoms. The number of nitrogens with zero attached hydrogens (tertiary/aromatic N) is 1. The van der Waals surface area contributed by atoms with E-state index in [9.17, 15) is 9.90 Å². The molecule has 0 radical (unpaired) electrons. The predicted octanol–water partition coefficient (Wildman–Crippen LogP) is 2.78. The van der Waals surface area contributed by atoms with Crippen LogP contribution in [-0.4, -0.2) is 42.2 Å². The van der Waals surface area contributed by atoms with Gasteiger partial charge in [-0.3, -0.25) is 0 Å². The van der Waals surface area contributed by atoms with Gasteiger partial charge >= 0.3 is 5.97 Å². The van der Waals surface area contributed by atoms with Gasteiger partial charge in [-0.05, 0) is 43.5 Å². The summed E-state index contributed by atoms with van der Waals surface area (Å²) in [6.45, 7) is 2.70. The van der Waals surface area contributed by atoms with E-state index >= 15 is 0 Å². The summed E-state index contributed by atoms with van der Waals surface area (Å²) < 4.78 is 1.05. The Morgan fingerprint density at radius 1 is 1.48 bits per heavy atom. The van der Waals surface area contributed by atoms with Crippen LogP contribution in [0.3, 0.4) is 0 Å². The molecule has 21 heavy (non-hydrogen) atoms. The molecule has 1 saturated heterocycles. The van der Waals surface area contributed by atoms with Crippen molar-refractivity contribution in [3.8, 4) is 0 Å². The lowest BCUT2D eigenvalue weighted by atomic mass is 10.1. The van der Waals surface area contributed by atoms with Gasteiger partial charge in [0.15, 0.2) is 0 Å². The molecule has 0 aliphatic carbocycles. The molecule has 0 saturated carbocycles. The molecule has 0 bridgehead atoms. The van der Waals surface area contributed by atoms with Gasteiger partial charge in [0.25, 0.3) is 0 Å². The number of hydrogen-bond donors (Lipinski definition) is 2. The molecule has 2 aromatic rings. The van der Waals surface area contributed by atoms with Crippen LogP contribution in [0.2, 0.25) is 0 Å². The molecule has 1 aromatic heterocycles. The fourth-order valence-electron chi connectivity index (χ4n) is 3.05. The number of hydrogen-bond acceptors (Lipinski definition) is 4. The molecule has 1 unspecified atom stereocenters. The second-order valence-corrected chi connectivity index (χ2v) is 6.67. The molecule has 3 rings (SSSR count). The number of likely N-dealkylation sites (N-methyl/N-ethyl adjacent to an activating group) is 1. The second kappa shape index (κ2) is 6.13. The van der Waals surface area contributed by atoms with Crippen molar-refractivity contribution in [1.82, 2.24) is 10.2 Å². The lowest BCUT2D eigenvalue weighted by Crippen LogP contribution is -2.35. The maximum absolute atomic E-state index is 11.4. The highest BCUT2D eigenvalue weighted by atomic mass is 32.1. The Kier molecular flexibility index (Phi) is 4.24. The molecule has 1 aliphatic rings. The van der Waals surface area contributed by atoms with Crippen LogP contribution < -0.4 is 5.32 Å². The van der Waals surface area contributed by atoms with Crippen LogP contribution in [0, 0.1) is 0 Å². The van der Waals surface area contributed by atoms with Crippen molar-refractivity contribution in [1.29, 1.82) is 0 Å². The van der Waals surface area contributed by atoms with E-state index in [-0.39, 0.29) is 0 Å². The Hall–Kier alpha value is -1.43. The van der Waals surface area contributed by atoms with Crippen molar-refractivity contribution in [2.45, 2.75) is 25.4 Å². The lowest BCUT2D eigenvalue weighted by molar-refractivity contribution is 0.0701. The maximum atomic E-state index is 11.4. The molecule has 2 N–H and O–H groups in total. The molecule has 112 valence electrons. The zero-order valence-electron chi connectivity index (χ0n) is 12.1. The quantitative estimate of drug-likeness (QED) is 0.892. The highest BCUT2D eigenvalue weighted by Gasteiger charge is 2.21. The molecule has 0 amide bonds. The Bertz CT molecular complexity index is 653. The van der Waals surface area contributed by atoms with Crippen molar-refractivity contribution in [3.05, 3.63) is 34.7 Å². The van der Waals surface area contributed by atoms with E-state index in [0.717, 1.165) is 28.7 Å².